The first kappa shape index (κ1) is 19.0. The van der Waals surface area contributed by atoms with Gasteiger partial charge in [-0.05, 0) is 30.7 Å². The molecule has 2 heterocycles. The van der Waals surface area contributed by atoms with Crippen LogP contribution >= 0.6 is 23.4 Å². The third kappa shape index (κ3) is 5.36. The third-order valence-corrected chi connectivity index (χ3v) is 7.81. The van der Waals surface area contributed by atoms with Crippen molar-refractivity contribution in [3.8, 4) is 0 Å². The fourth-order valence-corrected chi connectivity index (χ4v) is 6.07. The van der Waals surface area contributed by atoms with E-state index in [0.29, 0.717) is 30.3 Å². The Kier molecular flexibility index (Phi) is 6.30. The minimum atomic E-state index is -2.85. The molecule has 0 saturated carbocycles. The highest BCUT2D eigenvalue weighted by molar-refractivity contribution is 7.99. The van der Waals surface area contributed by atoms with E-state index in [9.17, 15) is 13.2 Å². The molecular formula is C17H23ClN2O3S2. The van der Waals surface area contributed by atoms with Crippen molar-refractivity contribution in [3.05, 3.63) is 29.3 Å². The Morgan fingerprint density at radius 2 is 1.84 bits per heavy atom. The number of amides is 1. The molecule has 0 aliphatic carbocycles. The zero-order valence-electron chi connectivity index (χ0n) is 14.1. The lowest BCUT2D eigenvalue weighted by Gasteiger charge is -2.37. The zero-order valence-corrected chi connectivity index (χ0v) is 16.5. The molecule has 138 valence electrons. The lowest BCUT2D eigenvalue weighted by atomic mass is 10.2. The van der Waals surface area contributed by atoms with Crippen LogP contribution in [0.4, 0.5) is 0 Å². The Morgan fingerprint density at radius 1 is 1.16 bits per heavy atom. The van der Waals surface area contributed by atoms with E-state index in [4.69, 9.17) is 11.6 Å². The molecule has 0 aromatic heterocycles. The smallest absolute Gasteiger partial charge is 0.223 e. The van der Waals surface area contributed by atoms with Crippen LogP contribution in [0.15, 0.2) is 29.2 Å². The Labute approximate surface area is 158 Å². The summed E-state index contributed by atoms with van der Waals surface area (Å²) in [4.78, 5) is 17.6. The molecule has 2 aliphatic heterocycles. The van der Waals surface area contributed by atoms with Gasteiger partial charge in [-0.2, -0.15) is 0 Å². The molecule has 1 aromatic carbocycles. The second kappa shape index (κ2) is 8.29. The second-order valence-corrected chi connectivity index (χ2v) is 10.4. The molecule has 5 nitrogen and oxygen atoms in total. The quantitative estimate of drug-likeness (QED) is 0.706. The van der Waals surface area contributed by atoms with Gasteiger partial charge in [-0.1, -0.05) is 11.6 Å². The lowest BCUT2D eigenvalue weighted by molar-refractivity contribution is -0.132. The summed E-state index contributed by atoms with van der Waals surface area (Å²) in [6.07, 6.45) is 1.25. The van der Waals surface area contributed by atoms with E-state index in [2.05, 4.69) is 4.90 Å². The van der Waals surface area contributed by atoms with Gasteiger partial charge in [-0.3, -0.25) is 9.69 Å². The van der Waals surface area contributed by atoms with Crippen LogP contribution in [0.1, 0.15) is 12.8 Å². The Morgan fingerprint density at radius 3 is 2.44 bits per heavy atom. The summed E-state index contributed by atoms with van der Waals surface area (Å²) in [7, 11) is -2.85. The lowest BCUT2D eigenvalue weighted by Crippen LogP contribution is -2.52. The number of hydrogen-bond acceptors (Lipinski definition) is 5. The average Bonchev–Trinajstić information content (AvgIpc) is 2.97. The fourth-order valence-electron chi connectivity index (χ4n) is 3.34. The summed E-state index contributed by atoms with van der Waals surface area (Å²) in [5.41, 5.74) is 0. The number of thioether (sulfide) groups is 1. The van der Waals surface area contributed by atoms with Crippen LogP contribution in [-0.2, 0) is 14.6 Å². The highest BCUT2D eigenvalue weighted by Gasteiger charge is 2.34. The molecule has 0 radical (unpaired) electrons. The standard InChI is InChI=1S/C17H23ClN2O3S2/c18-14-1-3-16(4-2-14)24-11-5-17(21)20-9-7-19(8-10-20)15-6-12-25(22,23)13-15/h1-4,15H,5-13H2/t15-/m0/s1. The van der Waals surface area contributed by atoms with Crippen molar-refractivity contribution >= 4 is 39.1 Å². The SMILES string of the molecule is O=C(CCSc1ccc(Cl)cc1)N1CCN([C@H]2CCS(=O)(=O)C2)CC1. The number of rotatable bonds is 5. The van der Waals surface area contributed by atoms with Crippen LogP contribution in [0.25, 0.3) is 0 Å². The number of halogens is 1. The number of carbonyl (C=O) groups is 1. The van der Waals surface area contributed by atoms with Crippen molar-refractivity contribution in [1.82, 2.24) is 9.80 Å². The Balaban J connectivity index is 1.39. The number of benzene rings is 1. The molecular weight excluding hydrogens is 380 g/mol. The van der Waals surface area contributed by atoms with Crippen LogP contribution in [0.3, 0.4) is 0 Å². The highest BCUT2D eigenvalue weighted by atomic mass is 35.5. The van der Waals surface area contributed by atoms with Gasteiger partial charge in [0.05, 0.1) is 11.5 Å². The largest absolute Gasteiger partial charge is 0.340 e. The minimum absolute atomic E-state index is 0.141. The van der Waals surface area contributed by atoms with Gasteiger partial charge in [-0.25, -0.2) is 8.42 Å². The van der Waals surface area contributed by atoms with Gasteiger partial charge in [0.2, 0.25) is 5.91 Å². The monoisotopic (exact) mass is 402 g/mol. The van der Waals surface area contributed by atoms with Crippen LogP contribution in [0.5, 0.6) is 0 Å². The predicted molar refractivity (Wildman–Crippen MR) is 102 cm³/mol. The molecule has 2 fully saturated rings. The topological polar surface area (TPSA) is 57.7 Å². The van der Waals surface area contributed by atoms with Crippen LogP contribution in [0.2, 0.25) is 5.02 Å². The second-order valence-electron chi connectivity index (χ2n) is 6.53. The first-order valence-electron chi connectivity index (χ1n) is 8.53. The van der Waals surface area contributed by atoms with Crippen molar-refractivity contribution in [3.63, 3.8) is 0 Å². The maximum absolute atomic E-state index is 12.4. The molecule has 3 rings (SSSR count). The van der Waals surface area contributed by atoms with E-state index in [1.165, 1.54) is 0 Å². The van der Waals surface area contributed by atoms with Gasteiger partial charge in [-0.15, -0.1) is 11.8 Å². The van der Waals surface area contributed by atoms with E-state index in [1.807, 2.05) is 29.2 Å². The maximum atomic E-state index is 12.4. The summed E-state index contributed by atoms with van der Waals surface area (Å²) in [6, 6.07) is 7.78. The molecule has 0 N–H and O–H groups in total. The summed E-state index contributed by atoms with van der Waals surface area (Å²) >= 11 is 7.52. The molecule has 8 heteroatoms. The van der Waals surface area contributed by atoms with Crippen molar-refractivity contribution < 1.29 is 13.2 Å². The summed E-state index contributed by atoms with van der Waals surface area (Å²) in [5, 5.41) is 0.716. The fraction of sp³-hybridized carbons (Fsp3) is 0.588. The van der Waals surface area contributed by atoms with E-state index < -0.39 is 9.84 Å². The average molecular weight is 403 g/mol. The van der Waals surface area contributed by atoms with E-state index in [-0.39, 0.29) is 17.7 Å². The number of nitrogens with zero attached hydrogens (tertiary/aromatic N) is 2. The van der Waals surface area contributed by atoms with Gasteiger partial charge >= 0.3 is 0 Å². The number of hydrogen-bond donors (Lipinski definition) is 0. The molecule has 2 saturated heterocycles. The highest BCUT2D eigenvalue weighted by Crippen LogP contribution is 2.22. The van der Waals surface area contributed by atoms with Gasteiger partial charge in [0.15, 0.2) is 9.84 Å². The Bertz CT molecular complexity index is 701. The summed E-state index contributed by atoms with van der Waals surface area (Å²) in [6.45, 7) is 2.94. The van der Waals surface area contributed by atoms with Gasteiger partial charge in [0, 0.05) is 54.3 Å². The molecule has 25 heavy (non-hydrogen) atoms. The molecule has 1 atom stereocenters. The molecule has 0 unspecified atom stereocenters. The van der Waals surface area contributed by atoms with Crippen molar-refractivity contribution in [2.75, 3.05) is 43.4 Å². The van der Waals surface area contributed by atoms with Gasteiger partial charge < -0.3 is 4.90 Å². The normalized spacial score (nSPS) is 23.7. The van der Waals surface area contributed by atoms with Crippen molar-refractivity contribution in [1.29, 1.82) is 0 Å². The van der Waals surface area contributed by atoms with Crippen LogP contribution in [0, 0.1) is 0 Å². The number of sulfone groups is 1. The minimum Gasteiger partial charge on any atom is -0.340 e. The van der Waals surface area contributed by atoms with E-state index >= 15 is 0 Å². The molecule has 2 aliphatic rings. The molecule has 0 spiro atoms. The first-order chi connectivity index (χ1) is 11.9. The van der Waals surface area contributed by atoms with E-state index in [0.717, 1.165) is 30.2 Å². The molecule has 0 bridgehead atoms. The summed E-state index contributed by atoms with van der Waals surface area (Å²) < 4.78 is 23.2. The predicted octanol–water partition coefficient (Wildman–Crippen LogP) is 2.15. The van der Waals surface area contributed by atoms with Crippen LogP contribution in [-0.4, -0.2) is 73.6 Å². The molecule has 1 amide bonds. The van der Waals surface area contributed by atoms with Gasteiger partial charge in [0.25, 0.3) is 0 Å². The van der Waals surface area contributed by atoms with E-state index in [1.54, 1.807) is 11.8 Å². The molecule has 1 aromatic rings. The van der Waals surface area contributed by atoms with Gasteiger partial charge in [0.1, 0.15) is 0 Å². The van der Waals surface area contributed by atoms with Crippen molar-refractivity contribution in [2.45, 2.75) is 23.8 Å². The number of piperazine rings is 1. The number of carbonyl (C=O) groups excluding carboxylic acids is 1. The van der Waals surface area contributed by atoms with Crippen LogP contribution < -0.4 is 0 Å². The van der Waals surface area contributed by atoms with Crippen molar-refractivity contribution in [2.24, 2.45) is 0 Å². The zero-order chi connectivity index (χ0) is 17.9. The summed E-state index contributed by atoms with van der Waals surface area (Å²) in [5.74, 6) is 1.51. The third-order valence-electron chi connectivity index (χ3n) is 4.79. The first-order valence-corrected chi connectivity index (χ1v) is 11.7. The Hall–Kier alpha value is -0.760. The maximum Gasteiger partial charge on any atom is 0.223 e.